The zero-order valence-corrected chi connectivity index (χ0v) is 12.3. The molecule has 1 aromatic rings. The van der Waals surface area contributed by atoms with Gasteiger partial charge < -0.3 is 11.1 Å². The average Bonchev–Trinajstić information content (AvgIpc) is 2.49. The minimum absolute atomic E-state index is 0.0142. The van der Waals surface area contributed by atoms with E-state index in [0.717, 1.165) is 43.9 Å². The molecule has 3 N–H and O–H groups in total. The fraction of sp³-hybridized carbons (Fsp3) is 0.562. The molecule has 0 unspecified atom stereocenters. The van der Waals surface area contributed by atoms with E-state index in [0.29, 0.717) is 5.92 Å². The molecule has 0 spiro atoms. The first-order valence-corrected chi connectivity index (χ1v) is 7.39. The lowest BCUT2D eigenvalue weighted by Gasteiger charge is -2.37. The van der Waals surface area contributed by atoms with Crippen LogP contribution in [-0.4, -0.2) is 12.5 Å². The molecule has 0 aliphatic heterocycles. The van der Waals surface area contributed by atoms with Crippen molar-refractivity contribution < 1.29 is 13.6 Å². The molecule has 116 valence electrons. The van der Waals surface area contributed by atoms with E-state index in [-0.39, 0.29) is 24.6 Å². The van der Waals surface area contributed by atoms with Crippen molar-refractivity contribution in [1.82, 2.24) is 5.32 Å². The summed E-state index contributed by atoms with van der Waals surface area (Å²) < 4.78 is 26.7. The van der Waals surface area contributed by atoms with Gasteiger partial charge in [-0.25, -0.2) is 8.78 Å². The Labute approximate surface area is 123 Å². The molecule has 1 fully saturated rings. The van der Waals surface area contributed by atoms with Gasteiger partial charge in [0.1, 0.15) is 11.6 Å². The molecular formula is C16H22F2N2O. The van der Waals surface area contributed by atoms with Crippen LogP contribution in [0, 0.1) is 23.0 Å². The fourth-order valence-corrected chi connectivity index (χ4v) is 2.88. The third-order valence-electron chi connectivity index (χ3n) is 4.55. The summed E-state index contributed by atoms with van der Waals surface area (Å²) in [6.07, 6.45) is 3.45. The van der Waals surface area contributed by atoms with Gasteiger partial charge in [0, 0.05) is 18.7 Å². The number of amides is 1. The lowest BCUT2D eigenvalue weighted by Crippen LogP contribution is -2.47. The highest BCUT2D eigenvalue weighted by molar-refractivity contribution is 5.83. The second kappa shape index (κ2) is 6.52. The first kappa shape index (κ1) is 15.9. The molecule has 1 aromatic carbocycles. The fourth-order valence-electron chi connectivity index (χ4n) is 2.88. The van der Waals surface area contributed by atoms with E-state index >= 15 is 0 Å². The van der Waals surface area contributed by atoms with Crippen molar-refractivity contribution in [2.24, 2.45) is 17.1 Å². The lowest BCUT2D eigenvalue weighted by atomic mass is 9.70. The number of halogens is 2. The monoisotopic (exact) mass is 296 g/mol. The van der Waals surface area contributed by atoms with E-state index < -0.39 is 17.0 Å². The SMILES string of the molecule is CC1CCC(CN)(C(=O)NCc2cc(F)ccc2F)CC1. The number of rotatable bonds is 4. The molecule has 21 heavy (non-hydrogen) atoms. The molecule has 1 aliphatic carbocycles. The molecule has 5 heteroatoms. The van der Waals surface area contributed by atoms with E-state index in [2.05, 4.69) is 12.2 Å². The largest absolute Gasteiger partial charge is 0.351 e. The smallest absolute Gasteiger partial charge is 0.227 e. The van der Waals surface area contributed by atoms with Crippen molar-refractivity contribution in [2.75, 3.05) is 6.54 Å². The van der Waals surface area contributed by atoms with Crippen LogP contribution in [0.15, 0.2) is 18.2 Å². The molecule has 1 aliphatic rings. The second-order valence-electron chi connectivity index (χ2n) is 6.09. The zero-order valence-electron chi connectivity index (χ0n) is 12.3. The molecule has 0 atom stereocenters. The molecule has 0 heterocycles. The number of carbonyl (C=O) groups excluding carboxylic acids is 1. The predicted molar refractivity (Wildman–Crippen MR) is 77.3 cm³/mol. The first-order chi connectivity index (χ1) is 9.97. The van der Waals surface area contributed by atoms with E-state index in [1.165, 1.54) is 0 Å². The maximum absolute atomic E-state index is 13.5. The van der Waals surface area contributed by atoms with E-state index in [1.54, 1.807) is 0 Å². The van der Waals surface area contributed by atoms with Gasteiger partial charge in [0.2, 0.25) is 5.91 Å². The minimum Gasteiger partial charge on any atom is -0.351 e. The van der Waals surface area contributed by atoms with E-state index in [4.69, 9.17) is 5.73 Å². The molecule has 1 amide bonds. The summed E-state index contributed by atoms with van der Waals surface area (Å²) in [5.74, 6) is -0.574. The normalized spacial score (nSPS) is 25.6. The summed E-state index contributed by atoms with van der Waals surface area (Å²) in [5.41, 5.74) is 5.41. The van der Waals surface area contributed by atoms with Crippen LogP contribution in [0.5, 0.6) is 0 Å². The summed E-state index contributed by atoms with van der Waals surface area (Å²) in [5, 5.41) is 2.72. The van der Waals surface area contributed by atoms with Crippen LogP contribution in [0.25, 0.3) is 0 Å². The van der Waals surface area contributed by atoms with E-state index in [1.807, 2.05) is 0 Å². The summed E-state index contributed by atoms with van der Waals surface area (Å²) in [6, 6.07) is 3.23. The molecule has 0 saturated heterocycles. The Balaban J connectivity index is 2.01. The van der Waals surface area contributed by atoms with Crippen LogP contribution < -0.4 is 11.1 Å². The van der Waals surface area contributed by atoms with Crippen LogP contribution in [0.1, 0.15) is 38.2 Å². The van der Waals surface area contributed by atoms with Gasteiger partial charge in [-0.05, 0) is 49.8 Å². The highest BCUT2D eigenvalue weighted by Gasteiger charge is 2.39. The summed E-state index contributed by atoms with van der Waals surface area (Å²) in [6.45, 7) is 2.44. The quantitative estimate of drug-likeness (QED) is 0.897. The van der Waals surface area contributed by atoms with Gasteiger partial charge in [-0.1, -0.05) is 6.92 Å². The summed E-state index contributed by atoms with van der Waals surface area (Å²) >= 11 is 0. The van der Waals surface area contributed by atoms with Gasteiger partial charge in [0.15, 0.2) is 0 Å². The van der Waals surface area contributed by atoms with Crippen LogP contribution in [-0.2, 0) is 11.3 Å². The van der Waals surface area contributed by atoms with Gasteiger partial charge in [0.25, 0.3) is 0 Å². The third kappa shape index (κ3) is 3.59. The van der Waals surface area contributed by atoms with Gasteiger partial charge >= 0.3 is 0 Å². The predicted octanol–water partition coefficient (Wildman–Crippen LogP) is 2.74. The Kier molecular flexibility index (Phi) is 4.93. The topological polar surface area (TPSA) is 55.1 Å². The average molecular weight is 296 g/mol. The van der Waals surface area contributed by atoms with Gasteiger partial charge in [0.05, 0.1) is 5.41 Å². The second-order valence-corrected chi connectivity index (χ2v) is 6.09. The Bertz CT molecular complexity index is 511. The van der Waals surface area contributed by atoms with Crippen molar-refractivity contribution in [3.63, 3.8) is 0 Å². The molecular weight excluding hydrogens is 274 g/mol. The lowest BCUT2D eigenvalue weighted by molar-refractivity contribution is -0.133. The van der Waals surface area contributed by atoms with Crippen molar-refractivity contribution >= 4 is 5.91 Å². The van der Waals surface area contributed by atoms with Crippen LogP contribution >= 0.6 is 0 Å². The third-order valence-corrected chi connectivity index (χ3v) is 4.55. The standard InChI is InChI=1S/C16H22F2N2O/c1-11-4-6-16(10-19,7-5-11)15(21)20-9-12-8-13(17)2-3-14(12)18/h2-3,8,11H,4-7,9-10,19H2,1H3,(H,20,21). The molecule has 2 rings (SSSR count). The van der Waals surface area contributed by atoms with Crippen molar-refractivity contribution in [3.8, 4) is 0 Å². The van der Waals surface area contributed by atoms with Crippen LogP contribution in [0.2, 0.25) is 0 Å². The van der Waals surface area contributed by atoms with Crippen LogP contribution in [0.4, 0.5) is 8.78 Å². The van der Waals surface area contributed by atoms with E-state index in [9.17, 15) is 13.6 Å². The molecule has 0 bridgehead atoms. The van der Waals surface area contributed by atoms with Gasteiger partial charge in [-0.3, -0.25) is 4.79 Å². The first-order valence-electron chi connectivity index (χ1n) is 7.39. The van der Waals surface area contributed by atoms with Crippen molar-refractivity contribution in [2.45, 2.75) is 39.2 Å². The molecule has 1 saturated carbocycles. The summed E-state index contributed by atoms with van der Waals surface area (Å²) in [4.78, 5) is 12.4. The maximum atomic E-state index is 13.5. The molecule has 3 nitrogen and oxygen atoms in total. The minimum atomic E-state index is -0.559. The molecule has 0 aromatic heterocycles. The van der Waals surface area contributed by atoms with Crippen molar-refractivity contribution in [3.05, 3.63) is 35.4 Å². The summed E-state index contributed by atoms with van der Waals surface area (Å²) in [7, 11) is 0. The number of nitrogens with one attached hydrogen (secondary N) is 1. The Hall–Kier alpha value is -1.49. The Morgan fingerprint density at radius 2 is 2.05 bits per heavy atom. The number of hydrogen-bond donors (Lipinski definition) is 2. The highest BCUT2D eigenvalue weighted by atomic mass is 19.1. The highest BCUT2D eigenvalue weighted by Crippen LogP contribution is 2.38. The number of hydrogen-bond acceptors (Lipinski definition) is 2. The Morgan fingerprint density at radius 1 is 1.38 bits per heavy atom. The van der Waals surface area contributed by atoms with Gasteiger partial charge in [-0.2, -0.15) is 0 Å². The number of nitrogens with two attached hydrogens (primary N) is 1. The number of benzene rings is 1. The van der Waals surface area contributed by atoms with Crippen molar-refractivity contribution in [1.29, 1.82) is 0 Å². The Morgan fingerprint density at radius 3 is 2.67 bits per heavy atom. The molecule has 0 radical (unpaired) electrons. The van der Waals surface area contributed by atoms with Gasteiger partial charge in [-0.15, -0.1) is 0 Å². The van der Waals surface area contributed by atoms with Crippen LogP contribution in [0.3, 0.4) is 0 Å². The maximum Gasteiger partial charge on any atom is 0.227 e. The zero-order chi connectivity index (χ0) is 15.5. The number of carbonyl (C=O) groups is 1.